The molecule has 0 bridgehead atoms. The Morgan fingerprint density at radius 3 is 2.54 bits per heavy atom. The summed E-state index contributed by atoms with van der Waals surface area (Å²) in [5.74, 6) is 1.65. The van der Waals surface area contributed by atoms with Crippen molar-refractivity contribution in [1.29, 1.82) is 0 Å². The molecular formula is C19H27Cl2FN4. The molecule has 2 aromatic rings. The van der Waals surface area contributed by atoms with E-state index in [1.807, 2.05) is 6.20 Å². The monoisotopic (exact) mass is 400 g/mol. The molecule has 1 aromatic carbocycles. The van der Waals surface area contributed by atoms with Gasteiger partial charge in [0.25, 0.3) is 0 Å². The summed E-state index contributed by atoms with van der Waals surface area (Å²) in [7, 11) is 0. The van der Waals surface area contributed by atoms with Gasteiger partial charge in [0, 0.05) is 6.54 Å². The Balaban J connectivity index is 0.00000121. The number of hydrogen-bond acceptors (Lipinski definition) is 3. The lowest BCUT2D eigenvalue weighted by Gasteiger charge is -2.30. The molecule has 0 aliphatic carbocycles. The number of halogens is 3. The number of H-pyrrole nitrogens is 1. The Labute approximate surface area is 166 Å². The molecule has 2 N–H and O–H groups in total. The van der Waals surface area contributed by atoms with Gasteiger partial charge in [0.2, 0.25) is 0 Å². The second-order valence-corrected chi connectivity index (χ2v) is 7.04. The van der Waals surface area contributed by atoms with Crippen molar-refractivity contribution in [3.05, 3.63) is 42.1 Å². The lowest BCUT2D eigenvalue weighted by atomic mass is 9.97. The molecule has 1 atom stereocenters. The van der Waals surface area contributed by atoms with Gasteiger partial charge in [-0.1, -0.05) is 0 Å². The maximum Gasteiger partial charge on any atom is 0.123 e. The molecule has 4 nitrogen and oxygen atoms in total. The van der Waals surface area contributed by atoms with Gasteiger partial charge in [-0.15, -0.1) is 24.8 Å². The fraction of sp³-hybridized carbons (Fsp3) is 0.526. The van der Waals surface area contributed by atoms with Gasteiger partial charge in [-0.05, 0) is 81.1 Å². The summed E-state index contributed by atoms with van der Waals surface area (Å²) >= 11 is 0. The van der Waals surface area contributed by atoms with Gasteiger partial charge in [0.05, 0.1) is 17.9 Å². The highest BCUT2D eigenvalue weighted by atomic mass is 35.5. The number of nitrogens with zero attached hydrogens (tertiary/aromatic N) is 2. The van der Waals surface area contributed by atoms with E-state index in [1.165, 1.54) is 50.9 Å². The van der Waals surface area contributed by atoms with Gasteiger partial charge in [-0.25, -0.2) is 9.37 Å². The number of benzene rings is 1. The first-order chi connectivity index (χ1) is 11.8. The van der Waals surface area contributed by atoms with Gasteiger partial charge in [-0.3, -0.25) is 4.90 Å². The SMILES string of the molecule is Cl.Cl.Fc1ccc(-c2cnc(C3CCCN3CC3CCNCC3)[nH]2)cc1. The minimum atomic E-state index is -0.206. The summed E-state index contributed by atoms with van der Waals surface area (Å²) in [6.45, 7) is 4.65. The third-order valence-electron chi connectivity index (χ3n) is 5.38. The summed E-state index contributed by atoms with van der Waals surface area (Å²) in [6.07, 6.45) is 6.84. The number of aromatic amines is 1. The van der Waals surface area contributed by atoms with Crippen LogP contribution in [0.4, 0.5) is 4.39 Å². The summed E-state index contributed by atoms with van der Waals surface area (Å²) in [5.41, 5.74) is 1.96. The Kier molecular flexibility index (Phi) is 7.89. The maximum atomic E-state index is 13.1. The third-order valence-corrected chi connectivity index (χ3v) is 5.38. The third kappa shape index (κ3) is 4.77. The van der Waals surface area contributed by atoms with Crippen molar-refractivity contribution in [1.82, 2.24) is 20.2 Å². The van der Waals surface area contributed by atoms with E-state index in [4.69, 9.17) is 0 Å². The Hall–Kier alpha value is -1.14. The number of aromatic nitrogens is 2. The molecule has 7 heteroatoms. The van der Waals surface area contributed by atoms with Crippen LogP contribution in [0.2, 0.25) is 0 Å². The van der Waals surface area contributed by atoms with Crippen LogP contribution >= 0.6 is 24.8 Å². The van der Waals surface area contributed by atoms with E-state index in [1.54, 1.807) is 12.1 Å². The Morgan fingerprint density at radius 2 is 1.81 bits per heavy atom. The molecule has 0 radical (unpaired) electrons. The second kappa shape index (κ2) is 9.70. The average Bonchev–Trinajstić information content (AvgIpc) is 3.25. The highest BCUT2D eigenvalue weighted by Crippen LogP contribution is 2.33. The molecule has 1 aromatic heterocycles. The Morgan fingerprint density at radius 1 is 1.08 bits per heavy atom. The molecule has 1 unspecified atom stereocenters. The number of rotatable bonds is 4. The van der Waals surface area contributed by atoms with Gasteiger partial charge in [-0.2, -0.15) is 0 Å². The van der Waals surface area contributed by atoms with Crippen LogP contribution in [0.3, 0.4) is 0 Å². The fourth-order valence-corrected chi connectivity index (χ4v) is 4.03. The lowest BCUT2D eigenvalue weighted by Crippen LogP contribution is -2.36. The van der Waals surface area contributed by atoms with Crippen molar-refractivity contribution in [2.75, 3.05) is 26.2 Å². The molecular weight excluding hydrogens is 374 g/mol. The van der Waals surface area contributed by atoms with Crippen molar-refractivity contribution in [3.63, 3.8) is 0 Å². The van der Waals surface area contributed by atoms with Crippen LogP contribution in [0.25, 0.3) is 11.3 Å². The summed E-state index contributed by atoms with van der Waals surface area (Å²) in [6, 6.07) is 6.99. The highest BCUT2D eigenvalue weighted by Gasteiger charge is 2.30. The normalized spacial score (nSPS) is 21.2. The largest absolute Gasteiger partial charge is 0.341 e. The summed E-state index contributed by atoms with van der Waals surface area (Å²) < 4.78 is 13.1. The zero-order valence-electron chi connectivity index (χ0n) is 14.8. The first-order valence-corrected chi connectivity index (χ1v) is 9.05. The number of likely N-dealkylation sites (tertiary alicyclic amines) is 1. The summed E-state index contributed by atoms with van der Waals surface area (Å²) in [4.78, 5) is 10.7. The van der Waals surface area contributed by atoms with Crippen LogP contribution in [0.15, 0.2) is 30.5 Å². The first kappa shape index (κ1) is 21.2. The number of imidazole rings is 1. The van der Waals surface area contributed by atoms with E-state index >= 15 is 0 Å². The van der Waals surface area contributed by atoms with E-state index in [0.717, 1.165) is 36.1 Å². The number of nitrogens with one attached hydrogen (secondary N) is 2. The smallest absolute Gasteiger partial charge is 0.123 e. The number of piperidine rings is 1. The van der Waals surface area contributed by atoms with Crippen LogP contribution in [0.5, 0.6) is 0 Å². The van der Waals surface area contributed by atoms with E-state index in [2.05, 4.69) is 20.2 Å². The molecule has 2 fully saturated rings. The van der Waals surface area contributed by atoms with Crippen LogP contribution in [0, 0.1) is 11.7 Å². The molecule has 2 aliphatic rings. The molecule has 4 rings (SSSR count). The van der Waals surface area contributed by atoms with Crippen LogP contribution < -0.4 is 5.32 Å². The second-order valence-electron chi connectivity index (χ2n) is 7.04. The fourth-order valence-electron chi connectivity index (χ4n) is 4.03. The van der Waals surface area contributed by atoms with E-state index in [9.17, 15) is 4.39 Å². The van der Waals surface area contributed by atoms with Gasteiger partial charge in [0.15, 0.2) is 0 Å². The molecule has 3 heterocycles. The van der Waals surface area contributed by atoms with E-state index in [0.29, 0.717) is 6.04 Å². The van der Waals surface area contributed by atoms with Gasteiger partial charge < -0.3 is 10.3 Å². The van der Waals surface area contributed by atoms with Crippen molar-refractivity contribution in [3.8, 4) is 11.3 Å². The predicted octanol–water partition coefficient (Wildman–Crippen LogP) is 4.20. The number of hydrogen-bond donors (Lipinski definition) is 2. The van der Waals surface area contributed by atoms with Crippen molar-refractivity contribution in [2.45, 2.75) is 31.7 Å². The quantitative estimate of drug-likeness (QED) is 0.807. The van der Waals surface area contributed by atoms with E-state index < -0.39 is 0 Å². The summed E-state index contributed by atoms with van der Waals surface area (Å²) in [5, 5.41) is 3.44. The van der Waals surface area contributed by atoms with E-state index in [-0.39, 0.29) is 30.6 Å². The van der Waals surface area contributed by atoms with Gasteiger partial charge >= 0.3 is 0 Å². The minimum Gasteiger partial charge on any atom is -0.341 e. The van der Waals surface area contributed by atoms with Crippen molar-refractivity contribution < 1.29 is 4.39 Å². The molecule has 0 saturated carbocycles. The zero-order chi connectivity index (χ0) is 16.4. The first-order valence-electron chi connectivity index (χ1n) is 9.05. The van der Waals surface area contributed by atoms with Crippen molar-refractivity contribution >= 4 is 24.8 Å². The maximum absolute atomic E-state index is 13.1. The lowest BCUT2D eigenvalue weighted by molar-refractivity contribution is 0.188. The van der Waals surface area contributed by atoms with Crippen LogP contribution in [-0.4, -0.2) is 41.0 Å². The average molecular weight is 401 g/mol. The molecule has 0 spiro atoms. The molecule has 2 saturated heterocycles. The molecule has 26 heavy (non-hydrogen) atoms. The predicted molar refractivity (Wildman–Crippen MR) is 108 cm³/mol. The van der Waals surface area contributed by atoms with Crippen LogP contribution in [0.1, 0.15) is 37.5 Å². The van der Waals surface area contributed by atoms with Crippen molar-refractivity contribution in [2.24, 2.45) is 5.92 Å². The molecule has 2 aliphatic heterocycles. The van der Waals surface area contributed by atoms with Gasteiger partial charge in [0.1, 0.15) is 11.6 Å². The molecule has 0 amide bonds. The van der Waals surface area contributed by atoms with Crippen LogP contribution in [-0.2, 0) is 0 Å². The standard InChI is InChI=1S/C19H25FN4.2ClH/c20-16-5-3-15(4-6-16)17-12-22-19(23-17)18-2-1-11-24(18)13-14-7-9-21-10-8-14;;/h3-6,12,14,18,21H,1-2,7-11,13H2,(H,22,23);2*1H. The Bertz CT molecular complexity index is 670. The molecule has 144 valence electrons. The minimum absolute atomic E-state index is 0. The highest BCUT2D eigenvalue weighted by molar-refractivity contribution is 5.85. The zero-order valence-corrected chi connectivity index (χ0v) is 16.4. The topological polar surface area (TPSA) is 44.0 Å².